The molecule has 148 valence electrons. The SMILES string of the molecule is CCCNC(=O)[C@@H]1CCCC[C@@H]1C(=O)N1CCN(c2ccnc(C)c2)CC1. The first-order valence-electron chi connectivity index (χ1n) is 10.3. The van der Waals surface area contributed by atoms with Gasteiger partial charge in [-0.05, 0) is 38.3 Å². The van der Waals surface area contributed by atoms with E-state index in [1.165, 1.54) is 5.69 Å². The summed E-state index contributed by atoms with van der Waals surface area (Å²) in [5.74, 6) is -0.0540. The van der Waals surface area contributed by atoms with Crippen molar-refractivity contribution < 1.29 is 9.59 Å². The largest absolute Gasteiger partial charge is 0.368 e. The number of aryl methyl sites for hydroxylation is 1. The first-order chi connectivity index (χ1) is 13.1. The summed E-state index contributed by atoms with van der Waals surface area (Å²) in [4.78, 5) is 34.2. The predicted molar refractivity (Wildman–Crippen MR) is 107 cm³/mol. The van der Waals surface area contributed by atoms with Gasteiger partial charge in [-0.25, -0.2) is 0 Å². The van der Waals surface area contributed by atoms with E-state index < -0.39 is 0 Å². The Balaban J connectivity index is 1.59. The van der Waals surface area contributed by atoms with Crippen LogP contribution in [0.4, 0.5) is 5.69 Å². The lowest BCUT2D eigenvalue weighted by Crippen LogP contribution is -2.52. The fourth-order valence-corrected chi connectivity index (χ4v) is 4.27. The van der Waals surface area contributed by atoms with Gasteiger partial charge in [0.15, 0.2) is 0 Å². The van der Waals surface area contributed by atoms with Gasteiger partial charge in [0, 0.05) is 62.1 Å². The molecule has 0 radical (unpaired) electrons. The summed E-state index contributed by atoms with van der Waals surface area (Å²) in [7, 11) is 0. The Morgan fingerprint density at radius 1 is 1.15 bits per heavy atom. The number of aromatic nitrogens is 1. The number of rotatable bonds is 5. The molecule has 6 heteroatoms. The molecular formula is C21H32N4O2. The fraction of sp³-hybridized carbons (Fsp3) is 0.667. The molecule has 0 spiro atoms. The molecule has 1 aromatic heterocycles. The molecular weight excluding hydrogens is 340 g/mol. The average Bonchev–Trinajstić information content (AvgIpc) is 2.71. The first-order valence-corrected chi connectivity index (χ1v) is 10.3. The third-order valence-electron chi connectivity index (χ3n) is 5.81. The quantitative estimate of drug-likeness (QED) is 0.862. The van der Waals surface area contributed by atoms with Gasteiger partial charge >= 0.3 is 0 Å². The Morgan fingerprint density at radius 2 is 1.85 bits per heavy atom. The van der Waals surface area contributed by atoms with Crippen LogP contribution in [0.25, 0.3) is 0 Å². The highest BCUT2D eigenvalue weighted by molar-refractivity contribution is 5.88. The number of nitrogens with zero attached hydrogens (tertiary/aromatic N) is 3. The van der Waals surface area contributed by atoms with E-state index in [-0.39, 0.29) is 23.7 Å². The summed E-state index contributed by atoms with van der Waals surface area (Å²) < 4.78 is 0. The van der Waals surface area contributed by atoms with Crippen LogP contribution in [-0.2, 0) is 9.59 Å². The van der Waals surface area contributed by atoms with E-state index in [0.717, 1.165) is 64.0 Å². The Labute approximate surface area is 162 Å². The Bertz CT molecular complexity index is 655. The maximum Gasteiger partial charge on any atom is 0.226 e. The molecule has 1 aromatic rings. The molecule has 1 N–H and O–H groups in total. The zero-order valence-corrected chi connectivity index (χ0v) is 16.6. The summed E-state index contributed by atoms with van der Waals surface area (Å²) in [5, 5.41) is 3.00. The molecule has 6 nitrogen and oxygen atoms in total. The van der Waals surface area contributed by atoms with Crippen molar-refractivity contribution in [3.63, 3.8) is 0 Å². The van der Waals surface area contributed by atoms with Crippen molar-refractivity contribution in [3.05, 3.63) is 24.0 Å². The monoisotopic (exact) mass is 372 g/mol. The van der Waals surface area contributed by atoms with Gasteiger partial charge in [0.25, 0.3) is 0 Å². The van der Waals surface area contributed by atoms with Crippen LogP contribution in [0.2, 0.25) is 0 Å². The molecule has 0 aromatic carbocycles. The van der Waals surface area contributed by atoms with Crippen molar-refractivity contribution in [1.82, 2.24) is 15.2 Å². The number of anilines is 1. The van der Waals surface area contributed by atoms with E-state index in [2.05, 4.69) is 21.3 Å². The summed E-state index contributed by atoms with van der Waals surface area (Å²) in [6.07, 6.45) is 6.53. The molecule has 2 atom stereocenters. The minimum Gasteiger partial charge on any atom is -0.368 e. The summed E-state index contributed by atoms with van der Waals surface area (Å²) in [5.41, 5.74) is 2.18. The van der Waals surface area contributed by atoms with Gasteiger partial charge < -0.3 is 15.1 Å². The van der Waals surface area contributed by atoms with Crippen molar-refractivity contribution in [3.8, 4) is 0 Å². The van der Waals surface area contributed by atoms with Crippen LogP contribution in [0.5, 0.6) is 0 Å². The molecule has 2 fully saturated rings. The number of hydrogen-bond donors (Lipinski definition) is 1. The minimum absolute atomic E-state index is 0.0702. The van der Waals surface area contributed by atoms with Crippen LogP contribution >= 0.6 is 0 Å². The van der Waals surface area contributed by atoms with Crippen LogP contribution in [-0.4, -0.2) is 54.4 Å². The summed E-state index contributed by atoms with van der Waals surface area (Å²) in [6, 6.07) is 4.12. The van der Waals surface area contributed by atoms with Gasteiger partial charge in [0.2, 0.25) is 11.8 Å². The third-order valence-corrected chi connectivity index (χ3v) is 5.81. The highest BCUT2D eigenvalue weighted by Crippen LogP contribution is 2.32. The Hall–Kier alpha value is -2.11. The zero-order valence-electron chi connectivity index (χ0n) is 16.6. The second-order valence-electron chi connectivity index (χ2n) is 7.76. The smallest absolute Gasteiger partial charge is 0.226 e. The number of piperazine rings is 1. The fourth-order valence-electron chi connectivity index (χ4n) is 4.27. The second-order valence-corrected chi connectivity index (χ2v) is 7.76. The average molecular weight is 373 g/mol. The first kappa shape index (κ1) is 19.6. The Morgan fingerprint density at radius 3 is 2.52 bits per heavy atom. The molecule has 1 saturated carbocycles. The zero-order chi connectivity index (χ0) is 19.2. The van der Waals surface area contributed by atoms with E-state index in [9.17, 15) is 9.59 Å². The van der Waals surface area contributed by atoms with Crippen molar-refractivity contribution in [2.45, 2.75) is 46.0 Å². The van der Waals surface area contributed by atoms with Crippen molar-refractivity contribution >= 4 is 17.5 Å². The molecule has 1 saturated heterocycles. The van der Waals surface area contributed by atoms with Crippen LogP contribution in [0.1, 0.15) is 44.7 Å². The molecule has 27 heavy (non-hydrogen) atoms. The number of amides is 2. The van der Waals surface area contributed by atoms with Gasteiger partial charge in [-0.1, -0.05) is 19.8 Å². The number of nitrogens with one attached hydrogen (secondary N) is 1. The summed E-state index contributed by atoms with van der Waals surface area (Å²) in [6.45, 7) is 7.84. The Kier molecular flexibility index (Phi) is 6.69. The number of carbonyl (C=O) groups excluding carboxylic acids is 2. The van der Waals surface area contributed by atoms with E-state index in [4.69, 9.17) is 0 Å². The minimum atomic E-state index is -0.154. The predicted octanol–water partition coefficient (Wildman–Crippen LogP) is 2.37. The normalized spacial score (nSPS) is 23.2. The lowest BCUT2D eigenvalue weighted by atomic mass is 9.77. The topological polar surface area (TPSA) is 65.5 Å². The van der Waals surface area contributed by atoms with Crippen molar-refractivity contribution in [2.24, 2.45) is 11.8 Å². The lowest BCUT2D eigenvalue weighted by Gasteiger charge is -2.39. The van der Waals surface area contributed by atoms with Gasteiger partial charge in [0.05, 0.1) is 0 Å². The molecule has 1 aliphatic heterocycles. The highest BCUT2D eigenvalue weighted by Gasteiger charge is 2.38. The van der Waals surface area contributed by atoms with Crippen molar-refractivity contribution in [1.29, 1.82) is 0 Å². The maximum absolute atomic E-state index is 13.2. The van der Waals surface area contributed by atoms with E-state index in [0.29, 0.717) is 6.54 Å². The number of hydrogen-bond acceptors (Lipinski definition) is 4. The van der Waals surface area contributed by atoms with Gasteiger partial charge in [0.1, 0.15) is 0 Å². The molecule has 0 bridgehead atoms. The van der Waals surface area contributed by atoms with Gasteiger partial charge in [-0.3, -0.25) is 14.6 Å². The molecule has 1 aliphatic carbocycles. The van der Waals surface area contributed by atoms with Crippen LogP contribution in [0, 0.1) is 18.8 Å². The van der Waals surface area contributed by atoms with Crippen LogP contribution in [0.3, 0.4) is 0 Å². The molecule has 0 unspecified atom stereocenters. The molecule has 2 heterocycles. The molecule has 2 aliphatic rings. The summed E-state index contributed by atoms with van der Waals surface area (Å²) >= 11 is 0. The molecule has 2 amide bonds. The van der Waals surface area contributed by atoms with Gasteiger partial charge in [-0.2, -0.15) is 0 Å². The van der Waals surface area contributed by atoms with E-state index >= 15 is 0 Å². The van der Waals surface area contributed by atoms with Crippen molar-refractivity contribution in [2.75, 3.05) is 37.6 Å². The lowest BCUT2D eigenvalue weighted by molar-refractivity contribution is -0.144. The van der Waals surface area contributed by atoms with E-state index in [1.807, 2.05) is 31.0 Å². The van der Waals surface area contributed by atoms with Gasteiger partial charge in [-0.15, -0.1) is 0 Å². The third kappa shape index (κ3) is 4.79. The second kappa shape index (κ2) is 9.20. The number of pyridine rings is 1. The highest BCUT2D eigenvalue weighted by atomic mass is 16.2. The van der Waals surface area contributed by atoms with E-state index in [1.54, 1.807) is 0 Å². The molecule has 3 rings (SSSR count). The maximum atomic E-state index is 13.2. The van der Waals surface area contributed by atoms with Crippen LogP contribution < -0.4 is 10.2 Å². The standard InChI is InChI=1S/C21H32N4O2/c1-3-9-23-20(26)18-6-4-5-7-19(18)21(27)25-13-11-24(12-14-25)17-8-10-22-16(2)15-17/h8,10,15,18-19H,3-7,9,11-14H2,1-2H3,(H,23,26)/t18-,19+/m1/s1. The number of carbonyl (C=O) groups is 2. The van der Waals surface area contributed by atoms with Crippen LogP contribution in [0.15, 0.2) is 18.3 Å².